The van der Waals surface area contributed by atoms with Crippen molar-refractivity contribution < 1.29 is 30.6 Å². The van der Waals surface area contributed by atoms with Crippen LogP contribution in [0.25, 0.3) is 64.6 Å². The molecule has 6 heteroatoms. The van der Waals surface area contributed by atoms with Crippen LogP contribution in [0.1, 0.15) is 0 Å². The van der Waals surface area contributed by atoms with E-state index in [0.29, 0.717) is 64.6 Å². The Balaban J connectivity index is 2.08. The van der Waals surface area contributed by atoms with E-state index < -0.39 is 0 Å². The number of phenolic OH excluding ortho intramolecular Hbond substituents is 6. The molecule has 0 amide bonds. The third-order valence-electron chi connectivity index (χ3n) is 6.57. The molecule has 0 aliphatic rings. The first-order valence-corrected chi connectivity index (χ1v) is 9.32. The van der Waals surface area contributed by atoms with E-state index in [-0.39, 0.29) is 34.5 Å². The number of hydrogen-bond acceptors (Lipinski definition) is 6. The molecule has 0 aromatic heterocycles. The zero-order chi connectivity index (χ0) is 20.6. The monoisotopic (exact) mass is 396 g/mol. The van der Waals surface area contributed by atoms with E-state index in [1.807, 2.05) is 0 Å². The quantitative estimate of drug-likeness (QED) is 0.120. The van der Waals surface area contributed by atoms with E-state index >= 15 is 0 Å². The highest BCUT2D eigenvalue weighted by Crippen LogP contribution is 2.58. The lowest BCUT2D eigenvalue weighted by molar-refractivity contribution is 0.411. The molecule has 7 aromatic rings. The molecule has 0 spiro atoms. The largest absolute Gasteiger partial charge is 0.504 e. The van der Waals surface area contributed by atoms with Crippen LogP contribution >= 0.6 is 0 Å². The molecule has 0 unspecified atom stereocenters. The Morgan fingerprint density at radius 2 is 0.400 bits per heavy atom. The van der Waals surface area contributed by atoms with Crippen LogP contribution in [0, 0.1) is 0 Å². The highest BCUT2D eigenvalue weighted by molar-refractivity contribution is 6.47. The van der Waals surface area contributed by atoms with Crippen molar-refractivity contribution >= 4 is 64.6 Å². The van der Waals surface area contributed by atoms with Gasteiger partial charge in [0, 0.05) is 64.6 Å². The normalized spacial score (nSPS) is 12.8. The number of benzene rings is 7. The summed E-state index contributed by atoms with van der Waals surface area (Å²) in [5.41, 5.74) is 0. The second-order valence-corrected chi connectivity index (χ2v) is 7.82. The van der Waals surface area contributed by atoms with E-state index in [1.54, 1.807) is 36.4 Å². The fourth-order valence-electron chi connectivity index (χ4n) is 5.32. The van der Waals surface area contributed by atoms with Gasteiger partial charge in [0.05, 0.1) is 0 Å². The van der Waals surface area contributed by atoms with Crippen LogP contribution in [0.2, 0.25) is 0 Å². The highest BCUT2D eigenvalue weighted by atomic mass is 16.3. The van der Waals surface area contributed by atoms with Gasteiger partial charge in [-0.1, -0.05) is 0 Å². The van der Waals surface area contributed by atoms with Gasteiger partial charge in [-0.05, 0) is 36.4 Å². The van der Waals surface area contributed by atoms with Crippen LogP contribution in [0.4, 0.5) is 0 Å². The third-order valence-corrected chi connectivity index (χ3v) is 6.57. The summed E-state index contributed by atoms with van der Waals surface area (Å²) in [6.07, 6.45) is 0. The van der Waals surface area contributed by atoms with Gasteiger partial charge >= 0.3 is 0 Å². The van der Waals surface area contributed by atoms with Crippen molar-refractivity contribution in [2.45, 2.75) is 0 Å². The zero-order valence-corrected chi connectivity index (χ0v) is 15.1. The molecule has 7 aromatic carbocycles. The lowest BCUT2D eigenvalue weighted by Gasteiger charge is -2.23. The summed E-state index contributed by atoms with van der Waals surface area (Å²) in [5, 5.41) is 70.2. The van der Waals surface area contributed by atoms with E-state index in [9.17, 15) is 30.6 Å². The highest BCUT2D eigenvalue weighted by Gasteiger charge is 2.28. The molecule has 0 saturated heterocycles. The van der Waals surface area contributed by atoms with Crippen LogP contribution in [0.5, 0.6) is 34.5 Å². The van der Waals surface area contributed by atoms with Gasteiger partial charge in [-0.25, -0.2) is 0 Å². The fourth-order valence-corrected chi connectivity index (χ4v) is 5.32. The minimum atomic E-state index is -0.280. The topological polar surface area (TPSA) is 121 Å². The van der Waals surface area contributed by atoms with Crippen molar-refractivity contribution in [2.24, 2.45) is 0 Å². The van der Waals surface area contributed by atoms with Crippen molar-refractivity contribution in [3.63, 3.8) is 0 Å². The van der Waals surface area contributed by atoms with Gasteiger partial charge < -0.3 is 30.6 Å². The summed E-state index contributed by atoms with van der Waals surface area (Å²) in [5.74, 6) is -1.68. The van der Waals surface area contributed by atoms with Crippen LogP contribution in [-0.4, -0.2) is 30.6 Å². The average molecular weight is 396 g/mol. The molecule has 7 rings (SSSR count). The van der Waals surface area contributed by atoms with Gasteiger partial charge in [-0.2, -0.15) is 0 Å². The molecule has 0 aliphatic carbocycles. The number of aromatic hydroxyl groups is 6. The predicted octanol–water partition coefficient (Wildman–Crippen LogP) is 5.15. The van der Waals surface area contributed by atoms with Gasteiger partial charge in [0.25, 0.3) is 0 Å². The average Bonchev–Trinajstić information content (AvgIpc) is 2.76. The second-order valence-electron chi connectivity index (χ2n) is 7.82. The summed E-state index contributed by atoms with van der Waals surface area (Å²) in [6.45, 7) is 0. The fraction of sp³-hybridized carbons (Fsp3) is 0. The lowest BCUT2D eigenvalue weighted by Crippen LogP contribution is -1.94. The second kappa shape index (κ2) is 4.46. The molecule has 0 aliphatic heterocycles. The Morgan fingerprint density at radius 3 is 0.533 bits per heavy atom. The maximum atomic E-state index is 10.7. The van der Waals surface area contributed by atoms with Crippen LogP contribution in [0.3, 0.4) is 0 Å². The summed E-state index contributed by atoms with van der Waals surface area (Å²) in [4.78, 5) is 0. The molecule has 30 heavy (non-hydrogen) atoms. The molecule has 0 fully saturated rings. The van der Waals surface area contributed by atoms with Crippen molar-refractivity contribution in [1.29, 1.82) is 0 Å². The van der Waals surface area contributed by atoms with Gasteiger partial charge in [-0.3, -0.25) is 0 Å². The molecule has 0 heterocycles. The zero-order valence-electron chi connectivity index (χ0n) is 15.1. The Morgan fingerprint density at radius 1 is 0.267 bits per heavy atom. The first kappa shape index (κ1) is 15.6. The minimum absolute atomic E-state index is 0.280. The van der Waals surface area contributed by atoms with Gasteiger partial charge in [0.1, 0.15) is 0 Å². The van der Waals surface area contributed by atoms with Crippen LogP contribution in [0.15, 0.2) is 36.4 Å². The molecule has 0 bridgehead atoms. The Hall–Kier alpha value is -4.32. The van der Waals surface area contributed by atoms with E-state index in [4.69, 9.17) is 0 Å². The van der Waals surface area contributed by atoms with Gasteiger partial charge in [0.15, 0.2) is 34.5 Å². The molecule has 144 valence electrons. The van der Waals surface area contributed by atoms with Crippen LogP contribution < -0.4 is 0 Å². The van der Waals surface area contributed by atoms with Crippen LogP contribution in [-0.2, 0) is 0 Å². The van der Waals surface area contributed by atoms with Crippen molar-refractivity contribution in [3.8, 4) is 34.5 Å². The van der Waals surface area contributed by atoms with Crippen molar-refractivity contribution in [3.05, 3.63) is 36.4 Å². The standard InChI is InChI=1S/C24H12O6/c25-19-7-1-2-8-14-13(7)15-9(21(19)27)3-4-11-17(15)18-12(24(30)23(11)29)6-5-10(16(14)18)22(28)20(8)26/h1-6,25-30H. The minimum Gasteiger partial charge on any atom is -0.504 e. The lowest BCUT2D eigenvalue weighted by atomic mass is 9.81. The number of hydrogen-bond donors (Lipinski definition) is 6. The number of phenols is 6. The molecule has 6 N–H and O–H groups in total. The maximum absolute atomic E-state index is 10.7. The Bertz CT molecular complexity index is 1470. The van der Waals surface area contributed by atoms with E-state index in [1.165, 1.54) is 0 Å². The summed E-state index contributed by atoms with van der Waals surface area (Å²) in [6, 6.07) is 9.51. The molecular formula is C24H12O6. The molecule has 0 saturated carbocycles. The summed E-state index contributed by atoms with van der Waals surface area (Å²) >= 11 is 0. The first-order chi connectivity index (χ1) is 14.4. The van der Waals surface area contributed by atoms with Gasteiger partial charge in [-0.15, -0.1) is 0 Å². The van der Waals surface area contributed by atoms with E-state index in [2.05, 4.69) is 0 Å². The van der Waals surface area contributed by atoms with Crippen molar-refractivity contribution in [1.82, 2.24) is 0 Å². The van der Waals surface area contributed by atoms with Gasteiger partial charge in [0.2, 0.25) is 0 Å². The smallest absolute Gasteiger partial charge is 0.166 e. The SMILES string of the molecule is Oc1c(O)c2ccc3c(O)c(O)c4ccc5c(O)c(O)c6ccc1c1c2c3c4c5c61. The summed E-state index contributed by atoms with van der Waals surface area (Å²) < 4.78 is 0. The molecule has 0 atom stereocenters. The Kier molecular flexibility index (Phi) is 2.32. The molecular weight excluding hydrogens is 384 g/mol. The first-order valence-electron chi connectivity index (χ1n) is 9.32. The third kappa shape index (κ3) is 1.36. The van der Waals surface area contributed by atoms with Crippen molar-refractivity contribution in [2.75, 3.05) is 0 Å². The maximum Gasteiger partial charge on any atom is 0.166 e. The Labute approximate surface area is 166 Å². The number of rotatable bonds is 0. The molecule has 6 nitrogen and oxygen atoms in total. The summed E-state index contributed by atoms with van der Waals surface area (Å²) in [7, 11) is 0. The predicted molar refractivity (Wildman–Crippen MR) is 115 cm³/mol. The van der Waals surface area contributed by atoms with E-state index in [0.717, 1.165) is 0 Å². The molecule has 0 radical (unpaired) electrons.